The molecule has 0 saturated carbocycles. The molecule has 1 heterocycles. The molecule has 0 unspecified atom stereocenters. The van der Waals surface area contributed by atoms with Crippen LogP contribution in [0.4, 0.5) is 11.5 Å². The highest BCUT2D eigenvalue weighted by Gasteiger charge is 2.17. The number of sulfonamides is 1. The van der Waals surface area contributed by atoms with Crippen LogP contribution in [0.25, 0.3) is 0 Å². The number of carbonyl (C=O) groups excluding carboxylic acids is 1. The molecule has 0 radical (unpaired) electrons. The molecule has 0 aliphatic heterocycles. The Balaban J connectivity index is 1.77. The highest BCUT2D eigenvalue weighted by molar-refractivity contribution is 7.92. The first-order valence-corrected chi connectivity index (χ1v) is 9.46. The van der Waals surface area contributed by atoms with Gasteiger partial charge in [0.15, 0.2) is 0 Å². The van der Waals surface area contributed by atoms with Crippen molar-refractivity contribution in [1.29, 1.82) is 0 Å². The molecule has 0 atom stereocenters. The van der Waals surface area contributed by atoms with Gasteiger partial charge in [0.25, 0.3) is 15.9 Å². The second kappa shape index (κ2) is 7.88. The van der Waals surface area contributed by atoms with Crippen molar-refractivity contribution in [2.45, 2.75) is 4.90 Å². The van der Waals surface area contributed by atoms with Crippen molar-refractivity contribution in [3.05, 3.63) is 78.5 Å². The van der Waals surface area contributed by atoms with Gasteiger partial charge in [0, 0.05) is 11.8 Å². The normalized spacial score (nSPS) is 10.9. The molecule has 3 rings (SSSR count). The van der Waals surface area contributed by atoms with Gasteiger partial charge in [0.2, 0.25) is 0 Å². The second-order valence-corrected chi connectivity index (χ2v) is 7.18. The minimum absolute atomic E-state index is 0.0304. The summed E-state index contributed by atoms with van der Waals surface area (Å²) in [5, 5.41) is 2.64. The number of anilines is 2. The van der Waals surface area contributed by atoms with E-state index in [0.717, 1.165) is 0 Å². The fourth-order valence-corrected chi connectivity index (χ4v) is 3.41. The molecular weight excluding hydrogens is 366 g/mol. The van der Waals surface area contributed by atoms with Gasteiger partial charge in [-0.3, -0.25) is 9.52 Å². The molecule has 7 nitrogen and oxygen atoms in total. The Morgan fingerprint density at radius 2 is 1.67 bits per heavy atom. The minimum atomic E-state index is -3.82. The Labute approximate surface area is 157 Å². The number of aromatic nitrogens is 1. The average Bonchev–Trinajstić information content (AvgIpc) is 2.69. The first-order valence-electron chi connectivity index (χ1n) is 7.98. The number of hydrogen-bond donors (Lipinski definition) is 2. The lowest BCUT2D eigenvalue weighted by Crippen LogP contribution is -2.15. The van der Waals surface area contributed by atoms with Crippen molar-refractivity contribution in [2.75, 3.05) is 17.1 Å². The number of methoxy groups -OCH3 is 1. The van der Waals surface area contributed by atoms with E-state index in [1.807, 2.05) is 0 Å². The zero-order chi connectivity index (χ0) is 19.3. The monoisotopic (exact) mass is 383 g/mol. The van der Waals surface area contributed by atoms with Crippen LogP contribution in [0.1, 0.15) is 10.4 Å². The highest BCUT2D eigenvalue weighted by Crippen LogP contribution is 2.26. The quantitative estimate of drug-likeness (QED) is 0.681. The average molecular weight is 383 g/mol. The van der Waals surface area contributed by atoms with Crippen molar-refractivity contribution in [1.82, 2.24) is 4.98 Å². The molecule has 3 aromatic rings. The number of hydrogen-bond acceptors (Lipinski definition) is 5. The van der Waals surface area contributed by atoms with Crippen LogP contribution < -0.4 is 14.8 Å². The molecule has 138 valence electrons. The molecule has 2 N–H and O–H groups in total. The molecule has 0 bridgehead atoms. The molecule has 0 fully saturated rings. The molecule has 0 aliphatic carbocycles. The van der Waals surface area contributed by atoms with E-state index in [1.54, 1.807) is 48.7 Å². The predicted molar refractivity (Wildman–Crippen MR) is 102 cm³/mol. The fraction of sp³-hybridized carbons (Fsp3) is 0.0526. The topological polar surface area (TPSA) is 97.4 Å². The first kappa shape index (κ1) is 18.4. The summed E-state index contributed by atoms with van der Waals surface area (Å²) in [4.78, 5) is 16.3. The van der Waals surface area contributed by atoms with Crippen molar-refractivity contribution >= 4 is 27.4 Å². The Morgan fingerprint density at radius 3 is 2.33 bits per heavy atom. The fourth-order valence-electron chi connectivity index (χ4n) is 2.34. The molecule has 0 saturated heterocycles. The smallest absolute Gasteiger partial charge is 0.262 e. The molecule has 1 aromatic heterocycles. The largest absolute Gasteiger partial charge is 0.495 e. The number of para-hydroxylation sites is 2. The Bertz CT molecular complexity index is 1040. The van der Waals surface area contributed by atoms with Crippen LogP contribution in [0.2, 0.25) is 0 Å². The van der Waals surface area contributed by atoms with Crippen LogP contribution in [0.15, 0.2) is 77.8 Å². The second-order valence-electron chi connectivity index (χ2n) is 5.50. The lowest BCUT2D eigenvalue weighted by molar-refractivity contribution is 0.102. The van der Waals surface area contributed by atoms with E-state index in [2.05, 4.69) is 15.0 Å². The van der Waals surface area contributed by atoms with E-state index in [-0.39, 0.29) is 10.8 Å². The molecule has 0 spiro atoms. The number of ether oxygens (including phenoxy) is 1. The maximum Gasteiger partial charge on any atom is 0.262 e. The lowest BCUT2D eigenvalue weighted by Gasteiger charge is -2.12. The minimum Gasteiger partial charge on any atom is -0.495 e. The van der Waals surface area contributed by atoms with Gasteiger partial charge in [-0.25, -0.2) is 13.4 Å². The van der Waals surface area contributed by atoms with Crippen LogP contribution in [0.3, 0.4) is 0 Å². The van der Waals surface area contributed by atoms with Crippen LogP contribution in [-0.4, -0.2) is 26.4 Å². The van der Waals surface area contributed by atoms with E-state index in [4.69, 9.17) is 4.74 Å². The van der Waals surface area contributed by atoms with Crippen molar-refractivity contribution in [2.24, 2.45) is 0 Å². The molecule has 27 heavy (non-hydrogen) atoms. The number of benzene rings is 2. The molecular formula is C19H17N3O4S. The number of pyridine rings is 1. The summed E-state index contributed by atoms with van der Waals surface area (Å²) in [5.74, 6) is 0.444. The number of amides is 1. The maximum atomic E-state index is 12.6. The number of nitrogens with one attached hydrogen (secondary N) is 2. The van der Waals surface area contributed by atoms with Crippen molar-refractivity contribution in [3.63, 3.8) is 0 Å². The summed E-state index contributed by atoms with van der Waals surface area (Å²) in [6.07, 6.45) is 1.56. The van der Waals surface area contributed by atoms with E-state index < -0.39 is 10.0 Å². The van der Waals surface area contributed by atoms with E-state index >= 15 is 0 Å². The zero-order valence-electron chi connectivity index (χ0n) is 14.4. The van der Waals surface area contributed by atoms with Crippen molar-refractivity contribution in [3.8, 4) is 5.75 Å². The molecule has 1 amide bonds. The van der Waals surface area contributed by atoms with Gasteiger partial charge < -0.3 is 10.1 Å². The third-order valence-electron chi connectivity index (χ3n) is 3.68. The van der Waals surface area contributed by atoms with E-state index in [9.17, 15) is 13.2 Å². The first-order chi connectivity index (χ1) is 13.0. The summed E-state index contributed by atoms with van der Waals surface area (Å²) in [7, 11) is -2.36. The van der Waals surface area contributed by atoms with Gasteiger partial charge in [-0.2, -0.15) is 0 Å². The van der Waals surface area contributed by atoms with E-state index in [1.165, 1.54) is 31.4 Å². The Morgan fingerprint density at radius 1 is 0.963 bits per heavy atom. The summed E-state index contributed by atoms with van der Waals surface area (Å²) in [6.45, 7) is 0. The van der Waals surface area contributed by atoms with Crippen molar-refractivity contribution < 1.29 is 17.9 Å². The Hall–Kier alpha value is -3.39. The van der Waals surface area contributed by atoms with E-state index in [0.29, 0.717) is 22.8 Å². The highest BCUT2D eigenvalue weighted by atomic mass is 32.2. The number of rotatable bonds is 6. The number of nitrogens with zero attached hydrogens (tertiary/aromatic N) is 1. The number of carbonyl (C=O) groups is 1. The van der Waals surface area contributed by atoms with Crippen LogP contribution in [0, 0.1) is 0 Å². The summed E-state index contributed by atoms with van der Waals surface area (Å²) < 4.78 is 32.8. The van der Waals surface area contributed by atoms with Crippen LogP contribution in [-0.2, 0) is 10.0 Å². The lowest BCUT2D eigenvalue weighted by atomic mass is 10.2. The SMILES string of the molecule is COc1ccccc1NS(=O)(=O)c1ccc(C(=O)Nc2ccccn2)cc1. The summed E-state index contributed by atoms with van der Waals surface area (Å²) >= 11 is 0. The molecule has 0 aliphatic rings. The van der Waals surface area contributed by atoms with Gasteiger partial charge in [0.1, 0.15) is 11.6 Å². The van der Waals surface area contributed by atoms with Gasteiger partial charge >= 0.3 is 0 Å². The van der Waals surface area contributed by atoms with Gasteiger partial charge in [-0.05, 0) is 48.5 Å². The third-order valence-corrected chi connectivity index (χ3v) is 5.07. The zero-order valence-corrected chi connectivity index (χ0v) is 15.2. The predicted octanol–water partition coefficient (Wildman–Crippen LogP) is 3.14. The van der Waals surface area contributed by atoms with Crippen LogP contribution in [0.5, 0.6) is 5.75 Å². The summed E-state index contributed by atoms with van der Waals surface area (Å²) in [6, 6.07) is 17.5. The standard InChI is InChI=1S/C19H17N3O4S/c1-26-17-7-3-2-6-16(17)22-27(24,25)15-11-9-14(10-12-15)19(23)21-18-8-4-5-13-20-18/h2-13,22H,1H3,(H,20,21,23). The van der Waals surface area contributed by atoms with Gasteiger partial charge in [-0.15, -0.1) is 0 Å². The third kappa shape index (κ3) is 4.42. The molecule has 2 aromatic carbocycles. The maximum absolute atomic E-state index is 12.6. The van der Waals surface area contributed by atoms with Gasteiger partial charge in [-0.1, -0.05) is 18.2 Å². The Kier molecular flexibility index (Phi) is 5.37. The van der Waals surface area contributed by atoms with Gasteiger partial charge in [0.05, 0.1) is 17.7 Å². The summed E-state index contributed by atoms with van der Waals surface area (Å²) in [5.41, 5.74) is 0.647. The molecule has 8 heteroatoms. The van der Waals surface area contributed by atoms with Crippen LogP contribution >= 0.6 is 0 Å².